The van der Waals surface area contributed by atoms with Crippen LogP contribution in [0.2, 0.25) is 5.02 Å². The van der Waals surface area contributed by atoms with Crippen LogP contribution in [0.25, 0.3) is 11.4 Å². The Morgan fingerprint density at radius 1 is 0.913 bits per heavy atom. The number of hydrogen-bond donors (Lipinski definition) is 5. The molecule has 2 aromatic heterocycles. The minimum absolute atomic E-state index is 0.0487. The average Bonchev–Trinajstić information content (AvgIpc) is 3.60. The van der Waals surface area contributed by atoms with Gasteiger partial charge in [0, 0.05) is 28.4 Å². The Morgan fingerprint density at radius 2 is 1.61 bits per heavy atom. The van der Waals surface area contributed by atoms with Gasteiger partial charge in [0.05, 0.1) is 12.1 Å². The average molecular weight is 642 g/mol. The Labute approximate surface area is 267 Å². The van der Waals surface area contributed by atoms with Crippen molar-refractivity contribution in [3.63, 3.8) is 0 Å². The van der Waals surface area contributed by atoms with Gasteiger partial charge < -0.3 is 25.5 Å². The van der Waals surface area contributed by atoms with Crippen molar-refractivity contribution >= 4 is 35.0 Å². The molecule has 0 aliphatic rings. The lowest BCUT2D eigenvalue weighted by molar-refractivity contribution is -0.125. The molecule has 5 N–H and O–H groups in total. The van der Waals surface area contributed by atoms with Crippen molar-refractivity contribution in [3.05, 3.63) is 129 Å². The third kappa shape index (κ3) is 8.08. The summed E-state index contributed by atoms with van der Waals surface area (Å²) in [7, 11) is 0. The van der Waals surface area contributed by atoms with Crippen molar-refractivity contribution in [2.24, 2.45) is 0 Å². The second-order valence-electron chi connectivity index (χ2n) is 10.3. The maximum atomic E-state index is 13.4. The van der Waals surface area contributed by atoms with Gasteiger partial charge in [0.2, 0.25) is 5.82 Å². The third-order valence-electron chi connectivity index (χ3n) is 6.93. The van der Waals surface area contributed by atoms with Crippen molar-refractivity contribution in [1.82, 2.24) is 31.3 Å². The number of rotatable bonds is 11. The largest absolute Gasteiger partial charge is 0.445 e. The molecule has 5 rings (SSSR count). The normalized spacial score (nSPS) is 12.8. The van der Waals surface area contributed by atoms with Gasteiger partial charge in [-0.15, -0.1) is 10.2 Å². The number of tetrazole rings is 1. The zero-order chi connectivity index (χ0) is 32.6. The number of aliphatic hydroxyl groups excluding tert-OH is 1. The van der Waals surface area contributed by atoms with Crippen LogP contribution in [0.1, 0.15) is 45.2 Å². The molecule has 0 aliphatic heterocycles. The Balaban J connectivity index is 1.33. The van der Waals surface area contributed by atoms with Gasteiger partial charge in [0.1, 0.15) is 0 Å². The molecule has 0 aliphatic carbocycles. The molecule has 3 atom stereocenters. The minimum atomic E-state index is -1.74. The molecular formula is C32H28ClN7O6. The van der Waals surface area contributed by atoms with E-state index in [4.69, 9.17) is 16.0 Å². The van der Waals surface area contributed by atoms with E-state index in [1.165, 1.54) is 0 Å². The van der Waals surface area contributed by atoms with Gasteiger partial charge in [-0.2, -0.15) is 5.21 Å². The summed E-state index contributed by atoms with van der Waals surface area (Å²) in [4.78, 5) is 52.0. The number of anilines is 1. The van der Waals surface area contributed by atoms with Crippen molar-refractivity contribution in [1.29, 1.82) is 0 Å². The standard InChI is InChI=1S/C32H28ClN7O6/c1-18(20-10-12-22(33)13-11-20)34-30(43)26-16-24(41)17-27(46-26)31(44)36-25(14-19-6-3-2-4-7-19)28(42)32(45)35-23-9-5-8-21(15-23)29-37-39-40-38-29/h2-13,15-18,25,28,42H,14H2,1H3,(H,34,43)(H,35,45)(H,36,44)(H,37,38,39,40)/t18-,25+,28+/m1/s1. The second kappa shape index (κ2) is 14.4. The minimum Gasteiger partial charge on any atom is -0.445 e. The van der Waals surface area contributed by atoms with Gasteiger partial charge in [-0.3, -0.25) is 19.2 Å². The maximum Gasteiger partial charge on any atom is 0.287 e. The van der Waals surface area contributed by atoms with E-state index in [1.807, 2.05) is 0 Å². The van der Waals surface area contributed by atoms with E-state index in [1.54, 1.807) is 85.8 Å². The predicted molar refractivity (Wildman–Crippen MR) is 168 cm³/mol. The Hall–Kier alpha value is -5.66. The number of benzene rings is 3. The summed E-state index contributed by atoms with van der Waals surface area (Å²) in [5.74, 6) is -3.00. The van der Waals surface area contributed by atoms with Crippen LogP contribution in [0.3, 0.4) is 0 Å². The molecule has 0 saturated carbocycles. The molecule has 234 valence electrons. The molecule has 0 saturated heterocycles. The second-order valence-corrected chi connectivity index (χ2v) is 10.7. The number of aliphatic hydroxyl groups is 1. The number of amides is 3. The topological polar surface area (TPSA) is 192 Å². The molecule has 13 nitrogen and oxygen atoms in total. The fourth-order valence-corrected chi connectivity index (χ4v) is 4.70. The van der Waals surface area contributed by atoms with Gasteiger partial charge in [0.15, 0.2) is 23.1 Å². The summed E-state index contributed by atoms with van der Waals surface area (Å²) in [5.41, 5.74) is 1.72. The fourth-order valence-electron chi connectivity index (χ4n) is 4.57. The molecular weight excluding hydrogens is 614 g/mol. The maximum absolute atomic E-state index is 13.4. The summed E-state index contributed by atoms with van der Waals surface area (Å²) in [6.45, 7) is 1.73. The van der Waals surface area contributed by atoms with Crippen molar-refractivity contribution in [3.8, 4) is 11.4 Å². The summed E-state index contributed by atoms with van der Waals surface area (Å²) in [6.07, 6.45) is -1.69. The first-order valence-electron chi connectivity index (χ1n) is 14.1. The number of halogens is 1. The van der Waals surface area contributed by atoms with Crippen LogP contribution in [-0.4, -0.2) is 55.6 Å². The number of aromatic amines is 1. The first kappa shape index (κ1) is 31.8. The van der Waals surface area contributed by atoms with Crippen molar-refractivity contribution < 1.29 is 23.9 Å². The van der Waals surface area contributed by atoms with Gasteiger partial charge in [0.25, 0.3) is 17.7 Å². The highest BCUT2D eigenvalue weighted by Crippen LogP contribution is 2.20. The Morgan fingerprint density at radius 3 is 2.28 bits per heavy atom. The molecule has 0 fully saturated rings. The third-order valence-corrected chi connectivity index (χ3v) is 7.18. The lowest BCUT2D eigenvalue weighted by Gasteiger charge is -2.24. The number of H-pyrrole nitrogens is 1. The van der Waals surface area contributed by atoms with Crippen LogP contribution >= 0.6 is 11.6 Å². The van der Waals surface area contributed by atoms with E-state index in [0.717, 1.165) is 17.7 Å². The van der Waals surface area contributed by atoms with Crippen LogP contribution in [0.15, 0.2) is 100 Å². The molecule has 0 unspecified atom stereocenters. The zero-order valence-electron chi connectivity index (χ0n) is 24.3. The number of hydrogen-bond acceptors (Lipinski definition) is 9. The van der Waals surface area contributed by atoms with E-state index < -0.39 is 52.9 Å². The van der Waals surface area contributed by atoms with Crippen LogP contribution in [0, 0.1) is 0 Å². The highest BCUT2D eigenvalue weighted by molar-refractivity contribution is 6.30. The number of aromatic nitrogens is 4. The van der Waals surface area contributed by atoms with Crippen LogP contribution in [0.4, 0.5) is 5.69 Å². The van der Waals surface area contributed by atoms with Crippen LogP contribution < -0.4 is 21.4 Å². The predicted octanol–water partition coefficient (Wildman–Crippen LogP) is 3.30. The highest BCUT2D eigenvalue weighted by atomic mass is 35.5. The number of nitrogens with zero attached hydrogens (tertiary/aromatic N) is 3. The van der Waals surface area contributed by atoms with E-state index >= 15 is 0 Å². The summed E-state index contributed by atoms with van der Waals surface area (Å²) in [5, 5.41) is 33.3. The lowest BCUT2D eigenvalue weighted by atomic mass is 10.00. The molecule has 3 amide bonds. The SMILES string of the molecule is C[C@@H](NC(=O)c1cc(=O)cc(C(=O)N[C@@H](Cc2ccccc2)[C@H](O)C(=O)Nc2cccc(-c3nn[nH]n3)c2)o1)c1ccc(Cl)cc1. The van der Waals surface area contributed by atoms with E-state index in [9.17, 15) is 24.3 Å². The number of nitrogens with one attached hydrogen (secondary N) is 4. The number of carbonyl (C=O) groups excluding carboxylic acids is 3. The van der Waals surface area contributed by atoms with Crippen molar-refractivity contribution in [2.75, 3.05) is 5.32 Å². The van der Waals surface area contributed by atoms with Crippen molar-refractivity contribution in [2.45, 2.75) is 31.5 Å². The summed E-state index contributed by atoms with van der Waals surface area (Å²) >= 11 is 5.94. The van der Waals surface area contributed by atoms with Gasteiger partial charge >= 0.3 is 0 Å². The first-order chi connectivity index (χ1) is 22.2. The van der Waals surface area contributed by atoms with E-state index in [2.05, 4.69) is 36.6 Å². The van der Waals surface area contributed by atoms with Gasteiger partial charge in [-0.05, 0) is 54.0 Å². The number of carbonyl (C=O) groups is 3. The molecule has 0 bridgehead atoms. The van der Waals surface area contributed by atoms with E-state index in [-0.39, 0.29) is 6.42 Å². The van der Waals surface area contributed by atoms with Gasteiger partial charge in [-0.25, -0.2) is 0 Å². The molecule has 46 heavy (non-hydrogen) atoms. The van der Waals surface area contributed by atoms with Crippen LogP contribution in [-0.2, 0) is 11.2 Å². The summed E-state index contributed by atoms with van der Waals surface area (Å²) < 4.78 is 5.53. The fraction of sp³-hybridized carbons (Fsp3) is 0.156. The Bertz CT molecular complexity index is 1880. The van der Waals surface area contributed by atoms with Crippen LogP contribution in [0.5, 0.6) is 0 Å². The van der Waals surface area contributed by atoms with Gasteiger partial charge in [-0.1, -0.05) is 66.2 Å². The summed E-state index contributed by atoms with van der Waals surface area (Å²) in [6, 6.07) is 22.6. The smallest absolute Gasteiger partial charge is 0.287 e. The quantitative estimate of drug-likeness (QED) is 0.144. The molecule has 2 heterocycles. The monoisotopic (exact) mass is 641 g/mol. The molecule has 14 heteroatoms. The lowest BCUT2D eigenvalue weighted by Crippen LogP contribution is -2.50. The first-order valence-corrected chi connectivity index (χ1v) is 14.4. The molecule has 0 spiro atoms. The molecule has 3 aromatic carbocycles. The Kier molecular flexibility index (Phi) is 9.95. The van der Waals surface area contributed by atoms with E-state index in [0.29, 0.717) is 27.7 Å². The zero-order valence-corrected chi connectivity index (χ0v) is 25.1. The highest BCUT2D eigenvalue weighted by Gasteiger charge is 2.30. The molecule has 0 radical (unpaired) electrons. The molecule has 5 aromatic rings.